The maximum Gasteiger partial charge on any atom is 0.326 e. The molecule has 5 nitrogen and oxygen atoms in total. The molecule has 0 saturated carbocycles. The van der Waals surface area contributed by atoms with Crippen LogP contribution in [0.5, 0.6) is 0 Å². The minimum Gasteiger partial charge on any atom is -0.480 e. The number of fused-ring (bicyclic) bond motifs is 1. The van der Waals surface area contributed by atoms with Gasteiger partial charge in [-0.15, -0.1) is 0 Å². The number of piperidine rings is 1. The SMILES string of the molecule is O=C(O)[C@H](Cc1ccc2ccccc2c1)NC(=O)[C@@H]1CCCCN1. The Hall–Kier alpha value is -2.40. The van der Waals surface area contributed by atoms with Gasteiger partial charge in [-0.3, -0.25) is 4.79 Å². The smallest absolute Gasteiger partial charge is 0.326 e. The molecular weight excluding hydrogens is 304 g/mol. The molecule has 1 heterocycles. The van der Waals surface area contributed by atoms with Crippen molar-refractivity contribution in [3.8, 4) is 0 Å². The van der Waals surface area contributed by atoms with Crippen LogP contribution < -0.4 is 10.6 Å². The summed E-state index contributed by atoms with van der Waals surface area (Å²) in [6.07, 6.45) is 3.09. The minimum absolute atomic E-state index is 0.220. The Kier molecular flexibility index (Phi) is 5.11. The summed E-state index contributed by atoms with van der Waals surface area (Å²) in [4.78, 5) is 23.8. The molecule has 24 heavy (non-hydrogen) atoms. The Morgan fingerprint density at radius 1 is 1.17 bits per heavy atom. The van der Waals surface area contributed by atoms with Crippen LogP contribution in [0.25, 0.3) is 10.8 Å². The number of carboxylic acids is 1. The van der Waals surface area contributed by atoms with Gasteiger partial charge in [-0.1, -0.05) is 48.9 Å². The maximum atomic E-state index is 12.3. The van der Waals surface area contributed by atoms with Gasteiger partial charge in [0.25, 0.3) is 0 Å². The van der Waals surface area contributed by atoms with E-state index in [1.165, 1.54) is 0 Å². The monoisotopic (exact) mass is 326 g/mol. The quantitative estimate of drug-likeness (QED) is 0.786. The zero-order chi connectivity index (χ0) is 16.9. The van der Waals surface area contributed by atoms with Crippen molar-refractivity contribution >= 4 is 22.6 Å². The fourth-order valence-electron chi connectivity index (χ4n) is 3.15. The number of amides is 1. The van der Waals surface area contributed by atoms with Crippen LogP contribution in [0.1, 0.15) is 24.8 Å². The van der Waals surface area contributed by atoms with Gasteiger partial charge in [0.2, 0.25) is 5.91 Å². The standard InChI is InChI=1S/C19H22N2O3/c22-18(16-7-3-4-10-20-16)21-17(19(23)24)12-13-8-9-14-5-1-2-6-15(14)11-13/h1-2,5-6,8-9,11,16-17,20H,3-4,7,10,12H2,(H,21,22)(H,23,24)/t16-,17-/m0/s1. The first-order valence-corrected chi connectivity index (χ1v) is 8.38. The Morgan fingerprint density at radius 2 is 1.96 bits per heavy atom. The van der Waals surface area contributed by atoms with Crippen molar-refractivity contribution in [1.29, 1.82) is 0 Å². The van der Waals surface area contributed by atoms with Gasteiger partial charge in [0.05, 0.1) is 6.04 Å². The molecule has 1 aliphatic heterocycles. The van der Waals surface area contributed by atoms with Crippen molar-refractivity contribution in [2.75, 3.05) is 6.54 Å². The summed E-state index contributed by atoms with van der Waals surface area (Å²) in [5, 5.41) is 17.5. The van der Waals surface area contributed by atoms with E-state index in [0.29, 0.717) is 0 Å². The third kappa shape index (κ3) is 3.92. The molecule has 0 aromatic heterocycles. The van der Waals surface area contributed by atoms with Crippen LogP contribution in [0.4, 0.5) is 0 Å². The average molecular weight is 326 g/mol. The summed E-state index contributed by atoms with van der Waals surface area (Å²) in [5.41, 5.74) is 0.901. The number of hydrogen-bond acceptors (Lipinski definition) is 3. The number of rotatable bonds is 5. The third-order valence-electron chi connectivity index (χ3n) is 4.50. The fraction of sp³-hybridized carbons (Fsp3) is 0.368. The van der Waals surface area contributed by atoms with E-state index in [1.807, 2.05) is 42.5 Å². The predicted molar refractivity (Wildman–Crippen MR) is 92.9 cm³/mol. The van der Waals surface area contributed by atoms with E-state index < -0.39 is 12.0 Å². The second-order valence-electron chi connectivity index (χ2n) is 6.29. The van der Waals surface area contributed by atoms with Crippen LogP contribution in [0.15, 0.2) is 42.5 Å². The average Bonchev–Trinajstić information content (AvgIpc) is 2.61. The summed E-state index contributed by atoms with van der Waals surface area (Å²) in [6, 6.07) is 12.6. The van der Waals surface area contributed by atoms with Crippen molar-refractivity contribution < 1.29 is 14.7 Å². The largest absolute Gasteiger partial charge is 0.480 e. The molecule has 2 atom stereocenters. The Labute approximate surface area is 141 Å². The van der Waals surface area contributed by atoms with E-state index in [4.69, 9.17) is 0 Å². The Bertz CT molecular complexity index is 738. The molecule has 126 valence electrons. The third-order valence-corrected chi connectivity index (χ3v) is 4.50. The summed E-state index contributed by atoms with van der Waals surface area (Å²) in [5.74, 6) is -1.23. The number of nitrogens with one attached hydrogen (secondary N) is 2. The second-order valence-corrected chi connectivity index (χ2v) is 6.29. The van der Waals surface area contributed by atoms with E-state index >= 15 is 0 Å². The molecule has 0 unspecified atom stereocenters. The lowest BCUT2D eigenvalue weighted by Gasteiger charge is -2.24. The maximum absolute atomic E-state index is 12.3. The highest BCUT2D eigenvalue weighted by Crippen LogP contribution is 2.17. The molecule has 1 amide bonds. The number of aliphatic carboxylic acids is 1. The number of carbonyl (C=O) groups is 2. The first-order chi connectivity index (χ1) is 11.6. The molecule has 0 bridgehead atoms. The molecule has 2 aromatic carbocycles. The normalized spacial score (nSPS) is 18.9. The molecule has 1 saturated heterocycles. The van der Waals surface area contributed by atoms with Crippen LogP contribution >= 0.6 is 0 Å². The topological polar surface area (TPSA) is 78.4 Å². The highest BCUT2D eigenvalue weighted by molar-refractivity contribution is 5.87. The van der Waals surface area contributed by atoms with Crippen LogP contribution in [-0.4, -0.2) is 35.6 Å². The van der Waals surface area contributed by atoms with Gasteiger partial charge in [0.15, 0.2) is 0 Å². The molecular formula is C19H22N2O3. The van der Waals surface area contributed by atoms with Gasteiger partial charge < -0.3 is 15.7 Å². The van der Waals surface area contributed by atoms with Crippen molar-refractivity contribution in [3.63, 3.8) is 0 Å². The second kappa shape index (κ2) is 7.45. The summed E-state index contributed by atoms with van der Waals surface area (Å²) < 4.78 is 0. The predicted octanol–water partition coefficient (Wildman–Crippen LogP) is 2.09. The first kappa shape index (κ1) is 16.5. The van der Waals surface area contributed by atoms with Gasteiger partial charge in [0.1, 0.15) is 6.04 Å². The Balaban J connectivity index is 1.70. The van der Waals surface area contributed by atoms with Gasteiger partial charge in [-0.25, -0.2) is 4.79 Å². The molecule has 3 rings (SSSR count). The zero-order valence-electron chi connectivity index (χ0n) is 13.5. The highest BCUT2D eigenvalue weighted by atomic mass is 16.4. The van der Waals surface area contributed by atoms with Gasteiger partial charge >= 0.3 is 5.97 Å². The van der Waals surface area contributed by atoms with Crippen molar-refractivity contribution in [2.24, 2.45) is 0 Å². The van der Waals surface area contributed by atoms with E-state index in [9.17, 15) is 14.7 Å². The van der Waals surface area contributed by atoms with Crippen LogP contribution in [0.2, 0.25) is 0 Å². The zero-order valence-corrected chi connectivity index (χ0v) is 13.5. The summed E-state index contributed by atoms with van der Waals surface area (Å²) >= 11 is 0. The number of carbonyl (C=O) groups excluding carboxylic acids is 1. The lowest BCUT2D eigenvalue weighted by molar-refractivity contribution is -0.142. The van der Waals surface area contributed by atoms with Crippen molar-refractivity contribution in [2.45, 2.75) is 37.8 Å². The van der Waals surface area contributed by atoms with Crippen LogP contribution in [-0.2, 0) is 16.0 Å². The molecule has 1 fully saturated rings. The minimum atomic E-state index is -1.01. The molecule has 1 aliphatic rings. The lowest BCUT2D eigenvalue weighted by atomic mass is 10.0. The van der Waals surface area contributed by atoms with E-state index in [2.05, 4.69) is 10.6 Å². The fourth-order valence-corrected chi connectivity index (χ4v) is 3.15. The molecule has 2 aromatic rings. The van der Waals surface area contributed by atoms with Gasteiger partial charge in [0, 0.05) is 6.42 Å². The van der Waals surface area contributed by atoms with E-state index in [0.717, 1.165) is 42.1 Å². The molecule has 0 spiro atoms. The molecule has 0 radical (unpaired) electrons. The van der Waals surface area contributed by atoms with Crippen molar-refractivity contribution in [1.82, 2.24) is 10.6 Å². The number of benzene rings is 2. The van der Waals surface area contributed by atoms with Gasteiger partial charge in [-0.05, 0) is 35.7 Å². The van der Waals surface area contributed by atoms with Crippen LogP contribution in [0.3, 0.4) is 0 Å². The van der Waals surface area contributed by atoms with Crippen LogP contribution in [0, 0.1) is 0 Å². The molecule has 5 heteroatoms. The van der Waals surface area contributed by atoms with E-state index in [-0.39, 0.29) is 18.4 Å². The molecule has 0 aliphatic carbocycles. The van der Waals surface area contributed by atoms with Crippen molar-refractivity contribution in [3.05, 3.63) is 48.0 Å². The number of hydrogen-bond donors (Lipinski definition) is 3. The molecule has 3 N–H and O–H groups in total. The highest BCUT2D eigenvalue weighted by Gasteiger charge is 2.26. The number of carboxylic acid groups (broad SMARTS) is 1. The summed E-state index contributed by atoms with van der Waals surface area (Å²) in [7, 11) is 0. The van der Waals surface area contributed by atoms with E-state index in [1.54, 1.807) is 0 Å². The van der Waals surface area contributed by atoms with Gasteiger partial charge in [-0.2, -0.15) is 0 Å². The summed E-state index contributed by atoms with van der Waals surface area (Å²) in [6.45, 7) is 0.806. The first-order valence-electron chi connectivity index (χ1n) is 8.38. The Morgan fingerprint density at radius 3 is 2.67 bits per heavy atom. The lowest BCUT2D eigenvalue weighted by Crippen LogP contribution is -2.52.